The monoisotopic (exact) mass is 551 g/mol. The Morgan fingerprint density at radius 3 is 1.97 bits per heavy atom. The minimum atomic E-state index is -3.81. The molecule has 0 unspecified atom stereocenters. The van der Waals surface area contributed by atoms with Crippen LogP contribution >= 0.6 is 0 Å². The Hall–Kier alpha value is -3.85. The van der Waals surface area contributed by atoms with Crippen LogP contribution in [-0.2, 0) is 26.0 Å². The Morgan fingerprint density at radius 2 is 1.41 bits per heavy atom. The van der Waals surface area contributed by atoms with Crippen molar-refractivity contribution < 1.29 is 22.7 Å². The molecule has 39 heavy (non-hydrogen) atoms. The summed E-state index contributed by atoms with van der Waals surface area (Å²) in [6.07, 6.45) is 1.58. The van der Waals surface area contributed by atoms with Gasteiger partial charge in [0.15, 0.2) is 0 Å². The van der Waals surface area contributed by atoms with Gasteiger partial charge in [0.05, 0.1) is 11.9 Å². The van der Waals surface area contributed by atoms with Crippen molar-refractivity contribution >= 4 is 27.5 Å². The van der Waals surface area contributed by atoms with Crippen LogP contribution in [0.2, 0.25) is 0 Å². The summed E-state index contributed by atoms with van der Waals surface area (Å²) in [4.78, 5) is 27.9. The maximum absolute atomic E-state index is 13.6. The van der Waals surface area contributed by atoms with Crippen LogP contribution in [0, 0.1) is 5.92 Å². The van der Waals surface area contributed by atoms with Gasteiger partial charge < -0.3 is 15.0 Å². The van der Waals surface area contributed by atoms with E-state index in [-0.39, 0.29) is 18.4 Å². The zero-order valence-electron chi connectivity index (χ0n) is 22.9. The van der Waals surface area contributed by atoms with Crippen molar-refractivity contribution in [3.05, 3.63) is 90.5 Å². The van der Waals surface area contributed by atoms with Crippen LogP contribution in [0.15, 0.2) is 84.9 Å². The van der Waals surface area contributed by atoms with Crippen LogP contribution in [0.1, 0.15) is 26.3 Å². The van der Waals surface area contributed by atoms with Crippen LogP contribution in [0.3, 0.4) is 0 Å². The number of amides is 2. The molecule has 208 valence electrons. The van der Waals surface area contributed by atoms with Gasteiger partial charge in [-0.2, -0.15) is 0 Å². The number of anilines is 1. The van der Waals surface area contributed by atoms with Gasteiger partial charge in [-0.05, 0) is 61.2 Å². The normalized spacial score (nSPS) is 12.0. The summed E-state index contributed by atoms with van der Waals surface area (Å²) < 4.78 is 32.4. The Labute approximate surface area is 231 Å². The topological polar surface area (TPSA) is 96.0 Å². The molecule has 0 heterocycles. The number of hydrogen-bond donors (Lipinski definition) is 1. The summed E-state index contributed by atoms with van der Waals surface area (Å²) in [5.74, 6) is 0.694. The third kappa shape index (κ3) is 9.14. The molecule has 1 atom stereocenters. The number of nitrogens with one attached hydrogen (secondary N) is 1. The maximum Gasteiger partial charge on any atom is 0.244 e. The standard InChI is InChI=1S/C30H37N3O5S/c1-23(2)21-31-30(35)24(3)32(20-19-25-11-7-5-8-12-25)29(34)22-33(39(4,36)37)26-15-17-28(18-16-26)38-27-13-9-6-10-14-27/h5-18,23-24H,19-22H2,1-4H3,(H,31,35)/t24-/m0/s1. The lowest BCUT2D eigenvalue weighted by Gasteiger charge is -2.31. The zero-order chi connectivity index (χ0) is 28.4. The van der Waals surface area contributed by atoms with E-state index in [1.54, 1.807) is 31.2 Å². The molecule has 0 aliphatic heterocycles. The lowest BCUT2D eigenvalue weighted by Crippen LogP contribution is -2.52. The summed E-state index contributed by atoms with van der Waals surface area (Å²) in [6.45, 7) is 5.96. The molecule has 1 N–H and O–H groups in total. The van der Waals surface area contributed by atoms with Crippen LogP contribution in [0.5, 0.6) is 11.5 Å². The quantitative estimate of drug-likeness (QED) is 0.338. The van der Waals surface area contributed by atoms with E-state index in [2.05, 4.69) is 5.32 Å². The average Bonchev–Trinajstić information content (AvgIpc) is 2.91. The van der Waals surface area contributed by atoms with Crippen molar-refractivity contribution in [3.63, 3.8) is 0 Å². The molecule has 0 radical (unpaired) electrons. The van der Waals surface area contributed by atoms with E-state index < -0.39 is 28.5 Å². The fraction of sp³-hybridized carbons (Fsp3) is 0.333. The minimum Gasteiger partial charge on any atom is -0.457 e. The molecule has 0 aliphatic rings. The van der Waals surface area contributed by atoms with Gasteiger partial charge in [-0.3, -0.25) is 13.9 Å². The lowest BCUT2D eigenvalue weighted by molar-refractivity contribution is -0.138. The summed E-state index contributed by atoms with van der Waals surface area (Å²) in [5, 5.41) is 2.88. The van der Waals surface area contributed by atoms with Crippen LogP contribution in [0.4, 0.5) is 5.69 Å². The molecule has 8 nitrogen and oxygen atoms in total. The van der Waals surface area contributed by atoms with E-state index in [4.69, 9.17) is 4.74 Å². The van der Waals surface area contributed by atoms with Crippen LogP contribution < -0.4 is 14.4 Å². The third-order valence-corrected chi connectivity index (χ3v) is 7.26. The lowest BCUT2D eigenvalue weighted by atomic mass is 10.1. The molecule has 0 fully saturated rings. The Kier molecular flexibility index (Phi) is 10.5. The molecule has 0 aromatic heterocycles. The molecule has 9 heteroatoms. The van der Waals surface area contributed by atoms with Crippen LogP contribution in [-0.4, -0.2) is 57.1 Å². The number of nitrogens with zero attached hydrogens (tertiary/aromatic N) is 2. The van der Waals surface area contributed by atoms with E-state index in [9.17, 15) is 18.0 Å². The average molecular weight is 552 g/mol. The molecule has 0 spiro atoms. The van der Waals surface area contributed by atoms with E-state index in [1.165, 1.54) is 4.90 Å². The van der Waals surface area contributed by atoms with Gasteiger partial charge in [0.2, 0.25) is 21.8 Å². The SMILES string of the molecule is CC(C)CNC(=O)[C@H](C)N(CCc1ccccc1)C(=O)CN(c1ccc(Oc2ccccc2)cc1)S(C)(=O)=O. The molecule has 0 saturated heterocycles. The number of ether oxygens (including phenoxy) is 1. The number of carbonyl (C=O) groups excluding carboxylic acids is 2. The second-order valence-electron chi connectivity index (χ2n) is 9.82. The van der Waals surface area contributed by atoms with E-state index in [0.29, 0.717) is 30.2 Å². The van der Waals surface area contributed by atoms with Gasteiger partial charge in [0, 0.05) is 13.1 Å². The Balaban J connectivity index is 1.80. The summed E-state index contributed by atoms with van der Waals surface area (Å²) >= 11 is 0. The number of sulfonamides is 1. The fourth-order valence-electron chi connectivity index (χ4n) is 3.94. The fourth-order valence-corrected chi connectivity index (χ4v) is 4.79. The molecule has 2 amide bonds. The molecule has 0 aliphatic carbocycles. The van der Waals surface area contributed by atoms with Crippen molar-refractivity contribution in [1.82, 2.24) is 10.2 Å². The highest BCUT2D eigenvalue weighted by Gasteiger charge is 2.29. The number of para-hydroxylation sites is 1. The van der Waals surface area contributed by atoms with Gasteiger partial charge in [0.25, 0.3) is 0 Å². The first-order valence-electron chi connectivity index (χ1n) is 13.0. The smallest absolute Gasteiger partial charge is 0.244 e. The van der Waals surface area contributed by atoms with Crippen molar-refractivity contribution in [2.75, 3.05) is 30.2 Å². The highest BCUT2D eigenvalue weighted by Crippen LogP contribution is 2.25. The zero-order valence-corrected chi connectivity index (χ0v) is 23.7. The Bertz CT molecular complexity index is 1310. The number of hydrogen-bond acceptors (Lipinski definition) is 5. The van der Waals surface area contributed by atoms with Crippen molar-refractivity contribution in [1.29, 1.82) is 0 Å². The third-order valence-electron chi connectivity index (χ3n) is 6.12. The maximum atomic E-state index is 13.6. The molecule has 0 bridgehead atoms. The molecular formula is C30H37N3O5S. The van der Waals surface area contributed by atoms with Crippen molar-refractivity contribution in [3.8, 4) is 11.5 Å². The first-order chi connectivity index (χ1) is 18.5. The molecule has 3 rings (SSSR count). The molecule has 3 aromatic rings. The van der Waals surface area contributed by atoms with Gasteiger partial charge in [-0.1, -0.05) is 62.4 Å². The van der Waals surface area contributed by atoms with E-state index >= 15 is 0 Å². The van der Waals surface area contributed by atoms with Crippen molar-refractivity contribution in [2.24, 2.45) is 5.92 Å². The molecular weight excluding hydrogens is 514 g/mol. The van der Waals surface area contributed by atoms with Crippen molar-refractivity contribution in [2.45, 2.75) is 33.2 Å². The number of benzene rings is 3. The summed E-state index contributed by atoms with van der Waals surface area (Å²) in [5.41, 5.74) is 1.34. The second kappa shape index (κ2) is 13.8. The highest BCUT2D eigenvalue weighted by molar-refractivity contribution is 7.92. The predicted molar refractivity (Wildman–Crippen MR) is 154 cm³/mol. The number of carbonyl (C=O) groups is 2. The first kappa shape index (κ1) is 29.7. The molecule has 0 saturated carbocycles. The largest absolute Gasteiger partial charge is 0.457 e. The van der Waals surface area contributed by atoms with Crippen LogP contribution in [0.25, 0.3) is 0 Å². The first-order valence-corrected chi connectivity index (χ1v) is 14.8. The Morgan fingerprint density at radius 1 is 0.846 bits per heavy atom. The molecule has 3 aromatic carbocycles. The highest BCUT2D eigenvalue weighted by atomic mass is 32.2. The summed E-state index contributed by atoms with van der Waals surface area (Å²) in [6, 6.07) is 24.6. The number of rotatable bonds is 13. The predicted octanol–water partition coefficient (Wildman–Crippen LogP) is 4.48. The second-order valence-corrected chi connectivity index (χ2v) is 11.7. The van der Waals surface area contributed by atoms with Gasteiger partial charge >= 0.3 is 0 Å². The van der Waals surface area contributed by atoms with Gasteiger partial charge in [-0.25, -0.2) is 8.42 Å². The summed E-state index contributed by atoms with van der Waals surface area (Å²) in [7, 11) is -3.81. The minimum absolute atomic E-state index is 0.254. The van der Waals surface area contributed by atoms with E-state index in [0.717, 1.165) is 16.1 Å². The van der Waals surface area contributed by atoms with E-state index in [1.807, 2.05) is 74.5 Å². The van der Waals surface area contributed by atoms with Gasteiger partial charge in [-0.15, -0.1) is 0 Å². The van der Waals surface area contributed by atoms with Gasteiger partial charge in [0.1, 0.15) is 24.1 Å².